The summed E-state index contributed by atoms with van der Waals surface area (Å²) in [7, 11) is 1.73. The number of carbonyl (C=O) groups is 2. The van der Waals surface area contributed by atoms with Crippen LogP contribution in [-0.2, 0) is 23.8 Å². The third-order valence-electron chi connectivity index (χ3n) is 6.84. The third-order valence-corrected chi connectivity index (χ3v) is 6.84. The molecular weight excluding hydrogens is 322 g/mol. The lowest BCUT2D eigenvalue weighted by Crippen LogP contribution is -2.57. The van der Waals surface area contributed by atoms with Crippen LogP contribution in [0.5, 0.6) is 0 Å². The molecule has 0 aliphatic carbocycles. The van der Waals surface area contributed by atoms with Gasteiger partial charge in [-0.15, -0.1) is 0 Å². The van der Waals surface area contributed by atoms with Crippen LogP contribution in [0.1, 0.15) is 52.4 Å². The lowest BCUT2D eigenvalue weighted by atomic mass is 9.81. The van der Waals surface area contributed by atoms with Gasteiger partial charge in [-0.05, 0) is 38.6 Å². The largest absolute Gasteiger partial charge is 0.460 e. The van der Waals surface area contributed by atoms with E-state index in [9.17, 15) is 9.59 Å². The Morgan fingerprint density at radius 1 is 1.12 bits per heavy atom. The van der Waals surface area contributed by atoms with Gasteiger partial charge < -0.3 is 14.2 Å². The summed E-state index contributed by atoms with van der Waals surface area (Å²) in [6.07, 6.45) is 5.29. The van der Waals surface area contributed by atoms with Crippen LogP contribution in [0.2, 0.25) is 0 Å². The second-order valence-corrected chi connectivity index (χ2v) is 8.36. The minimum absolute atomic E-state index is 0.0129. The normalized spacial score (nSPS) is 47.6. The van der Waals surface area contributed by atoms with E-state index in [2.05, 4.69) is 4.90 Å². The molecule has 0 radical (unpaired) electrons. The number of hydrogen-bond donors (Lipinski definition) is 0. The summed E-state index contributed by atoms with van der Waals surface area (Å²) in [5.41, 5.74) is -0.551. The number of esters is 2. The Hall–Kier alpha value is -1.14. The quantitative estimate of drug-likeness (QED) is 0.708. The molecule has 4 aliphatic heterocycles. The highest BCUT2D eigenvalue weighted by atomic mass is 16.6. The summed E-state index contributed by atoms with van der Waals surface area (Å²) in [6, 6.07) is 0.398. The van der Waals surface area contributed by atoms with Crippen LogP contribution in [0.25, 0.3) is 0 Å². The Kier molecular flexibility index (Phi) is 4.31. The number of fused-ring (bicyclic) bond motifs is 2. The number of methoxy groups -OCH3 is 1. The zero-order valence-electron chi connectivity index (χ0n) is 15.4. The Labute approximate surface area is 149 Å². The summed E-state index contributed by atoms with van der Waals surface area (Å²) in [4.78, 5) is 26.6. The van der Waals surface area contributed by atoms with E-state index >= 15 is 0 Å². The number of ether oxygens (including phenoxy) is 3. The minimum Gasteiger partial charge on any atom is -0.460 e. The first-order chi connectivity index (χ1) is 12.0. The summed E-state index contributed by atoms with van der Waals surface area (Å²) in [6.45, 7) is 4.84. The molecule has 7 atom stereocenters. The van der Waals surface area contributed by atoms with E-state index in [0.717, 1.165) is 45.1 Å². The number of carbonyl (C=O) groups excluding carboxylic acids is 2. The van der Waals surface area contributed by atoms with Crippen molar-refractivity contribution in [3.8, 4) is 0 Å². The minimum atomic E-state index is -0.551. The lowest BCUT2D eigenvalue weighted by Gasteiger charge is -2.42. The highest BCUT2D eigenvalue weighted by Crippen LogP contribution is 2.48. The van der Waals surface area contributed by atoms with Gasteiger partial charge in [-0.1, -0.05) is 13.8 Å². The summed E-state index contributed by atoms with van der Waals surface area (Å²) in [5.74, 6) is -0.274. The molecule has 0 aromatic heterocycles. The molecule has 0 N–H and O–H groups in total. The topological polar surface area (TPSA) is 65.1 Å². The van der Waals surface area contributed by atoms with E-state index in [1.54, 1.807) is 7.11 Å². The number of nitrogens with zero attached hydrogens (tertiary/aromatic N) is 1. The molecule has 4 heterocycles. The van der Waals surface area contributed by atoms with Crippen LogP contribution in [0.4, 0.5) is 0 Å². The Balaban J connectivity index is 1.62. The van der Waals surface area contributed by atoms with Gasteiger partial charge in [-0.3, -0.25) is 14.5 Å². The molecule has 25 heavy (non-hydrogen) atoms. The average molecular weight is 351 g/mol. The maximum Gasteiger partial charge on any atom is 0.309 e. The van der Waals surface area contributed by atoms with E-state index in [1.807, 2.05) is 13.8 Å². The van der Waals surface area contributed by atoms with E-state index < -0.39 is 5.60 Å². The smallest absolute Gasteiger partial charge is 0.309 e. The monoisotopic (exact) mass is 351 g/mol. The molecule has 4 aliphatic rings. The second kappa shape index (κ2) is 6.23. The summed E-state index contributed by atoms with van der Waals surface area (Å²) in [5, 5.41) is 0. The van der Waals surface area contributed by atoms with Crippen molar-refractivity contribution in [2.24, 2.45) is 11.8 Å². The third kappa shape index (κ3) is 2.60. The van der Waals surface area contributed by atoms with E-state index in [4.69, 9.17) is 14.2 Å². The van der Waals surface area contributed by atoms with Gasteiger partial charge in [0.1, 0.15) is 6.10 Å². The van der Waals surface area contributed by atoms with E-state index in [-0.39, 0.29) is 48.1 Å². The molecule has 4 saturated heterocycles. The molecule has 0 aromatic rings. The van der Waals surface area contributed by atoms with Crippen LogP contribution in [-0.4, -0.2) is 60.4 Å². The standard InChI is InChI=1S/C19H29NO5/c1-11-9-14(24-17(11)21)13-6-7-15-19(10-12(2)18(22)25-19)16(23-3)5-4-8-20(13)15/h11-16H,4-10H2,1-3H3/t11-,12+,13?,14?,15?,16?,19?/m0/s1. The predicted molar refractivity (Wildman–Crippen MR) is 89.8 cm³/mol. The molecule has 1 spiro atoms. The first kappa shape index (κ1) is 17.3. The van der Waals surface area contributed by atoms with Gasteiger partial charge in [0.2, 0.25) is 0 Å². The SMILES string of the molecule is COC1CCCN2C(C3C[C@H](C)C(=O)O3)CCC2C12C[C@@H](C)C(=O)O2. The molecule has 6 nitrogen and oxygen atoms in total. The van der Waals surface area contributed by atoms with Gasteiger partial charge in [0.15, 0.2) is 5.60 Å². The summed E-state index contributed by atoms with van der Waals surface area (Å²) < 4.78 is 17.5. The molecule has 0 aromatic carbocycles. The van der Waals surface area contributed by atoms with Crippen molar-refractivity contribution < 1.29 is 23.8 Å². The van der Waals surface area contributed by atoms with E-state index in [1.165, 1.54) is 0 Å². The number of hydrogen-bond acceptors (Lipinski definition) is 6. The van der Waals surface area contributed by atoms with Gasteiger partial charge in [-0.2, -0.15) is 0 Å². The zero-order chi connectivity index (χ0) is 17.8. The van der Waals surface area contributed by atoms with Gasteiger partial charge in [0, 0.05) is 19.6 Å². The fourth-order valence-electron chi connectivity index (χ4n) is 5.66. The predicted octanol–water partition coefficient (Wildman–Crippen LogP) is 1.90. The number of cyclic esters (lactones) is 1. The van der Waals surface area contributed by atoms with Crippen molar-refractivity contribution in [3.63, 3.8) is 0 Å². The van der Waals surface area contributed by atoms with Crippen LogP contribution in [0, 0.1) is 11.8 Å². The van der Waals surface area contributed by atoms with Crippen molar-refractivity contribution in [3.05, 3.63) is 0 Å². The molecule has 4 rings (SSSR count). The van der Waals surface area contributed by atoms with Crippen molar-refractivity contribution in [2.75, 3.05) is 13.7 Å². The molecule has 0 amide bonds. The van der Waals surface area contributed by atoms with Crippen molar-refractivity contribution in [2.45, 2.75) is 82.3 Å². The first-order valence-electron chi connectivity index (χ1n) is 9.68. The molecular formula is C19H29NO5. The van der Waals surface area contributed by atoms with Crippen molar-refractivity contribution in [1.29, 1.82) is 0 Å². The van der Waals surface area contributed by atoms with Gasteiger partial charge >= 0.3 is 11.9 Å². The van der Waals surface area contributed by atoms with Crippen LogP contribution in [0.15, 0.2) is 0 Å². The molecule has 0 bridgehead atoms. The van der Waals surface area contributed by atoms with Crippen LogP contribution in [0.3, 0.4) is 0 Å². The lowest BCUT2D eigenvalue weighted by molar-refractivity contribution is -0.172. The highest BCUT2D eigenvalue weighted by Gasteiger charge is 2.61. The Morgan fingerprint density at radius 3 is 2.52 bits per heavy atom. The first-order valence-corrected chi connectivity index (χ1v) is 9.68. The second-order valence-electron chi connectivity index (χ2n) is 8.36. The summed E-state index contributed by atoms with van der Waals surface area (Å²) >= 11 is 0. The van der Waals surface area contributed by atoms with Crippen molar-refractivity contribution in [1.82, 2.24) is 4.90 Å². The fraction of sp³-hybridized carbons (Fsp3) is 0.895. The van der Waals surface area contributed by atoms with Gasteiger partial charge in [-0.25, -0.2) is 0 Å². The van der Waals surface area contributed by atoms with Crippen LogP contribution >= 0.6 is 0 Å². The maximum absolute atomic E-state index is 12.3. The molecule has 6 heteroatoms. The Morgan fingerprint density at radius 2 is 1.92 bits per heavy atom. The molecule has 4 fully saturated rings. The van der Waals surface area contributed by atoms with E-state index in [0.29, 0.717) is 0 Å². The molecule has 5 unspecified atom stereocenters. The van der Waals surface area contributed by atoms with Gasteiger partial charge in [0.05, 0.1) is 24.0 Å². The number of rotatable bonds is 2. The maximum atomic E-state index is 12.3. The average Bonchev–Trinajstić information content (AvgIpc) is 3.19. The molecule has 140 valence electrons. The Bertz CT molecular complexity index is 566. The van der Waals surface area contributed by atoms with Crippen molar-refractivity contribution >= 4 is 11.9 Å². The fourth-order valence-corrected chi connectivity index (χ4v) is 5.66. The van der Waals surface area contributed by atoms with Crippen LogP contribution < -0.4 is 0 Å². The zero-order valence-corrected chi connectivity index (χ0v) is 15.4. The molecule has 0 saturated carbocycles. The van der Waals surface area contributed by atoms with Gasteiger partial charge in [0.25, 0.3) is 0 Å². The highest BCUT2D eigenvalue weighted by molar-refractivity contribution is 5.75.